The molecule has 0 radical (unpaired) electrons. The van der Waals surface area contributed by atoms with Crippen molar-refractivity contribution >= 4 is 23.6 Å². The third-order valence-electron chi connectivity index (χ3n) is 5.38. The second kappa shape index (κ2) is 12.2. The summed E-state index contributed by atoms with van der Waals surface area (Å²) in [6, 6.07) is 13.2. The molecule has 1 aliphatic heterocycles. The van der Waals surface area contributed by atoms with Gasteiger partial charge in [-0.15, -0.1) is 0 Å². The molecule has 33 heavy (non-hydrogen) atoms. The molecule has 0 aromatic heterocycles. The molecule has 7 heteroatoms. The molecule has 1 N–H and O–H groups in total. The molecule has 0 bridgehead atoms. The van der Waals surface area contributed by atoms with Gasteiger partial charge >= 0.3 is 0 Å². The quantitative estimate of drug-likeness (QED) is 0.409. The summed E-state index contributed by atoms with van der Waals surface area (Å²) in [6.45, 7) is 7.77. The minimum Gasteiger partial charge on any atom is -0.449 e. The van der Waals surface area contributed by atoms with Gasteiger partial charge in [-0.25, -0.2) is 4.39 Å². The molecule has 0 unspecified atom stereocenters. The van der Waals surface area contributed by atoms with E-state index in [1.807, 2.05) is 0 Å². The van der Waals surface area contributed by atoms with Crippen LogP contribution in [0.25, 0.3) is 6.08 Å². The van der Waals surface area contributed by atoms with E-state index in [0.717, 1.165) is 38.9 Å². The normalized spacial score (nSPS) is 14.4. The number of ether oxygens (including phenoxy) is 1. The van der Waals surface area contributed by atoms with E-state index in [1.54, 1.807) is 42.5 Å². The molecule has 2 amide bonds. The van der Waals surface area contributed by atoms with E-state index in [1.165, 1.54) is 17.0 Å². The number of anilines is 1. The van der Waals surface area contributed by atoms with E-state index in [0.29, 0.717) is 18.0 Å². The van der Waals surface area contributed by atoms with Gasteiger partial charge in [0.25, 0.3) is 5.91 Å². The molecule has 0 saturated heterocycles. The molecule has 0 aliphatic carbocycles. The number of nitrogens with zero attached hydrogens (tertiary/aromatic N) is 2. The van der Waals surface area contributed by atoms with Gasteiger partial charge in [-0.2, -0.15) is 0 Å². The molecule has 1 heterocycles. The van der Waals surface area contributed by atoms with Crippen molar-refractivity contribution in [3.8, 4) is 5.75 Å². The van der Waals surface area contributed by atoms with E-state index in [-0.39, 0.29) is 23.8 Å². The number of rotatable bonds is 11. The van der Waals surface area contributed by atoms with Crippen LogP contribution in [0.1, 0.15) is 38.7 Å². The third kappa shape index (κ3) is 6.65. The molecule has 0 spiro atoms. The Labute approximate surface area is 195 Å². The average molecular weight is 454 g/mol. The molecule has 0 saturated carbocycles. The molecule has 6 nitrogen and oxygen atoms in total. The van der Waals surface area contributed by atoms with Crippen LogP contribution >= 0.6 is 0 Å². The summed E-state index contributed by atoms with van der Waals surface area (Å²) in [7, 11) is 0. The van der Waals surface area contributed by atoms with Crippen LogP contribution in [0.15, 0.2) is 54.3 Å². The first kappa shape index (κ1) is 24.5. The molecule has 3 rings (SSSR count). The maximum atomic E-state index is 14.1. The Morgan fingerprint density at radius 2 is 1.76 bits per heavy atom. The molecule has 1 aliphatic rings. The third-order valence-corrected chi connectivity index (χ3v) is 5.38. The van der Waals surface area contributed by atoms with Crippen LogP contribution in [-0.2, 0) is 9.59 Å². The lowest BCUT2D eigenvalue weighted by Crippen LogP contribution is -2.44. The first-order chi connectivity index (χ1) is 16.0. The summed E-state index contributed by atoms with van der Waals surface area (Å²) < 4.78 is 19.9. The van der Waals surface area contributed by atoms with Gasteiger partial charge in [0.2, 0.25) is 5.91 Å². The predicted octanol–water partition coefficient (Wildman–Crippen LogP) is 4.22. The van der Waals surface area contributed by atoms with Crippen LogP contribution in [0.4, 0.5) is 10.1 Å². The van der Waals surface area contributed by atoms with E-state index >= 15 is 0 Å². The first-order valence-corrected chi connectivity index (χ1v) is 11.6. The molecule has 2 aromatic rings. The number of fused-ring (bicyclic) bond motifs is 1. The zero-order valence-electron chi connectivity index (χ0n) is 19.4. The van der Waals surface area contributed by atoms with Gasteiger partial charge in [-0.3, -0.25) is 14.5 Å². The molecule has 2 aromatic carbocycles. The summed E-state index contributed by atoms with van der Waals surface area (Å²) in [5, 5.41) is 2.91. The lowest BCUT2D eigenvalue weighted by atomic mass is 10.1. The SMILES string of the molecule is CCCN(CCC)CCCNC(=O)CN1C(=O)/C(=C/c2ccccc2F)Oc2ccccc21. The number of nitrogens with one attached hydrogen (secondary N) is 1. The lowest BCUT2D eigenvalue weighted by Gasteiger charge is -2.30. The highest BCUT2D eigenvalue weighted by atomic mass is 19.1. The molecular weight excluding hydrogens is 421 g/mol. The second-order valence-electron chi connectivity index (χ2n) is 8.04. The van der Waals surface area contributed by atoms with Crippen molar-refractivity contribution in [2.24, 2.45) is 0 Å². The number of hydrogen-bond acceptors (Lipinski definition) is 4. The largest absolute Gasteiger partial charge is 0.449 e. The number of carbonyl (C=O) groups excluding carboxylic acids is 2. The smallest absolute Gasteiger partial charge is 0.294 e. The number of para-hydroxylation sites is 2. The Balaban J connectivity index is 1.66. The van der Waals surface area contributed by atoms with Crippen LogP contribution in [0.5, 0.6) is 5.75 Å². The second-order valence-corrected chi connectivity index (χ2v) is 8.04. The monoisotopic (exact) mass is 453 g/mol. The van der Waals surface area contributed by atoms with Crippen molar-refractivity contribution in [3.05, 3.63) is 65.7 Å². The zero-order chi connectivity index (χ0) is 23.6. The minimum absolute atomic E-state index is 0.0265. The maximum absolute atomic E-state index is 14.1. The minimum atomic E-state index is -0.482. The van der Waals surface area contributed by atoms with Gasteiger partial charge in [-0.05, 0) is 63.2 Å². The van der Waals surface area contributed by atoms with Crippen molar-refractivity contribution in [3.63, 3.8) is 0 Å². The fraction of sp³-hybridized carbons (Fsp3) is 0.385. The van der Waals surface area contributed by atoms with E-state index in [2.05, 4.69) is 24.1 Å². The van der Waals surface area contributed by atoms with Gasteiger partial charge in [-0.1, -0.05) is 44.2 Å². The Kier molecular flexibility index (Phi) is 9.01. The first-order valence-electron chi connectivity index (χ1n) is 11.6. The van der Waals surface area contributed by atoms with Gasteiger partial charge < -0.3 is 15.0 Å². The topological polar surface area (TPSA) is 61.9 Å². The summed E-state index contributed by atoms with van der Waals surface area (Å²) in [4.78, 5) is 29.5. The van der Waals surface area contributed by atoms with Crippen molar-refractivity contribution in [2.75, 3.05) is 37.6 Å². The number of benzene rings is 2. The summed E-state index contributed by atoms with van der Waals surface area (Å²) in [6.07, 6.45) is 4.42. The standard InChI is InChI=1S/C26H32FN3O3/c1-3-15-29(16-4-2)17-9-14-28-25(31)19-30-22-12-7-8-13-23(22)33-24(26(30)32)18-20-10-5-6-11-21(20)27/h5-8,10-13,18H,3-4,9,14-17,19H2,1-2H3,(H,28,31)/b24-18-. The molecule has 176 valence electrons. The summed E-state index contributed by atoms with van der Waals surface area (Å²) in [5.74, 6) is -0.764. The van der Waals surface area contributed by atoms with Crippen LogP contribution < -0.4 is 15.0 Å². The van der Waals surface area contributed by atoms with Gasteiger partial charge in [0.1, 0.15) is 12.4 Å². The van der Waals surface area contributed by atoms with Crippen LogP contribution in [0, 0.1) is 5.82 Å². The highest BCUT2D eigenvalue weighted by molar-refractivity contribution is 6.12. The fourth-order valence-electron chi connectivity index (χ4n) is 3.85. The average Bonchev–Trinajstić information content (AvgIpc) is 2.81. The van der Waals surface area contributed by atoms with Crippen LogP contribution in [0.2, 0.25) is 0 Å². The Morgan fingerprint density at radius 1 is 1.06 bits per heavy atom. The number of carbonyl (C=O) groups is 2. The predicted molar refractivity (Wildman–Crippen MR) is 128 cm³/mol. The Bertz CT molecular complexity index is 986. The van der Waals surface area contributed by atoms with Crippen molar-refractivity contribution < 1.29 is 18.7 Å². The fourth-order valence-corrected chi connectivity index (χ4v) is 3.85. The van der Waals surface area contributed by atoms with E-state index < -0.39 is 11.7 Å². The van der Waals surface area contributed by atoms with Crippen molar-refractivity contribution in [2.45, 2.75) is 33.1 Å². The maximum Gasteiger partial charge on any atom is 0.294 e. The Hall–Kier alpha value is -3.19. The van der Waals surface area contributed by atoms with E-state index in [9.17, 15) is 14.0 Å². The number of amides is 2. The molecule has 0 fully saturated rings. The van der Waals surface area contributed by atoms with Gasteiger partial charge in [0, 0.05) is 12.1 Å². The van der Waals surface area contributed by atoms with Gasteiger partial charge in [0.15, 0.2) is 11.5 Å². The molecule has 0 atom stereocenters. The Morgan fingerprint density at radius 3 is 2.48 bits per heavy atom. The number of hydrogen-bond donors (Lipinski definition) is 1. The summed E-state index contributed by atoms with van der Waals surface area (Å²) in [5.41, 5.74) is 0.758. The summed E-state index contributed by atoms with van der Waals surface area (Å²) >= 11 is 0. The highest BCUT2D eigenvalue weighted by Crippen LogP contribution is 2.35. The molecular formula is C26H32FN3O3. The van der Waals surface area contributed by atoms with Crippen molar-refractivity contribution in [1.82, 2.24) is 10.2 Å². The van der Waals surface area contributed by atoms with Crippen LogP contribution in [-0.4, -0.2) is 49.4 Å². The number of halogens is 1. The lowest BCUT2D eigenvalue weighted by molar-refractivity contribution is -0.123. The van der Waals surface area contributed by atoms with Crippen molar-refractivity contribution in [1.29, 1.82) is 0 Å². The van der Waals surface area contributed by atoms with Gasteiger partial charge in [0.05, 0.1) is 5.69 Å². The highest BCUT2D eigenvalue weighted by Gasteiger charge is 2.31. The zero-order valence-corrected chi connectivity index (χ0v) is 19.4. The van der Waals surface area contributed by atoms with Crippen LogP contribution in [0.3, 0.4) is 0 Å². The van der Waals surface area contributed by atoms with E-state index in [4.69, 9.17) is 4.74 Å².